The number of benzene rings is 1. The van der Waals surface area contributed by atoms with E-state index in [2.05, 4.69) is 5.32 Å². The van der Waals surface area contributed by atoms with Crippen LogP contribution in [0.3, 0.4) is 0 Å². The highest BCUT2D eigenvalue weighted by Crippen LogP contribution is 2.22. The molecule has 0 saturated carbocycles. The van der Waals surface area contributed by atoms with Crippen molar-refractivity contribution in [1.82, 2.24) is 5.32 Å². The highest BCUT2D eigenvalue weighted by Gasteiger charge is 2.44. The largest absolute Gasteiger partial charge is 0.479 e. The number of ether oxygens (including phenoxy) is 1. The van der Waals surface area contributed by atoms with Gasteiger partial charge in [0.25, 0.3) is 5.91 Å². The standard InChI is InChI=1S/C15H19NO6S/c1-3-10-4-5-11(8-12(10)23(2,20)21)13(17)16-15(14(18)19)6-7-22-9-15/h4-5,8H,3,6-7,9H2,1-2H3,(H,16,17)(H,18,19). The monoisotopic (exact) mass is 341 g/mol. The number of carbonyl (C=O) groups excluding carboxylic acids is 1. The Labute approximate surface area is 134 Å². The Balaban J connectivity index is 2.35. The second-order valence-corrected chi connectivity index (χ2v) is 7.58. The third-order valence-corrected chi connectivity index (χ3v) is 5.07. The lowest BCUT2D eigenvalue weighted by molar-refractivity contribution is -0.144. The van der Waals surface area contributed by atoms with E-state index in [-0.39, 0.29) is 30.1 Å². The number of carboxylic acid groups (broad SMARTS) is 1. The smallest absolute Gasteiger partial charge is 0.331 e. The van der Waals surface area contributed by atoms with Crippen LogP contribution in [0.25, 0.3) is 0 Å². The third kappa shape index (κ3) is 3.53. The zero-order valence-corrected chi connectivity index (χ0v) is 13.8. The maximum Gasteiger partial charge on any atom is 0.331 e. The molecule has 0 radical (unpaired) electrons. The van der Waals surface area contributed by atoms with E-state index in [4.69, 9.17) is 4.74 Å². The summed E-state index contributed by atoms with van der Waals surface area (Å²) in [6, 6.07) is 4.35. The number of aryl methyl sites for hydroxylation is 1. The second kappa shape index (κ2) is 6.29. The number of amides is 1. The van der Waals surface area contributed by atoms with Crippen molar-refractivity contribution in [2.75, 3.05) is 19.5 Å². The van der Waals surface area contributed by atoms with Gasteiger partial charge >= 0.3 is 5.97 Å². The number of hydrogen-bond donors (Lipinski definition) is 2. The molecule has 8 heteroatoms. The van der Waals surface area contributed by atoms with Gasteiger partial charge in [0.2, 0.25) is 0 Å². The van der Waals surface area contributed by atoms with Crippen LogP contribution < -0.4 is 5.32 Å². The Morgan fingerprint density at radius 1 is 1.39 bits per heavy atom. The first-order chi connectivity index (χ1) is 10.7. The Morgan fingerprint density at radius 2 is 2.09 bits per heavy atom. The van der Waals surface area contributed by atoms with Crippen molar-refractivity contribution in [3.8, 4) is 0 Å². The van der Waals surface area contributed by atoms with Crippen LogP contribution in [0.1, 0.15) is 29.3 Å². The molecule has 1 saturated heterocycles. The van der Waals surface area contributed by atoms with Crippen LogP contribution in [-0.2, 0) is 25.8 Å². The molecule has 0 bridgehead atoms. The van der Waals surface area contributed by atoms with Gasteiger partial charge in [0, 0.05) is 24.8 Å². The van der Waals surface area contributed by atoms with Gasteiger partial charge in [0.15, 0.2) is 15.4 Å². The van der Waals surface area contributed by atoms with Crippen molar-refractivity contribution < 1.29 is 27.9 Å². The summed E-state index contributed by atoms with van der Waals surface area (Å²) >= 11 is 0. The average Bonchev–Trinajstić information content (AvgIpc) is 2.95. The summed E-state index contributed by atoms with van der Waals surface area (Å²) < 4.78 is 28.8. The Kier molecular flexibility index (Phi) is 4.76. The van der Waals surface area contributed by atoms with E-state index in [9.17, 15) is 23.1 Å². The van der Waals surface area contributed by atoms with Crippen LogP contribution in [-0.4, -0.2) is 50.4 Å². The van der Waals surface area contributed by atoms with Crippen molar-refractivity contribution in [3.63, 3.8) is 0 Å². The Morgan fingerprint density at radius 3 is 2.57 bits per heavy atom. The molecule has 1 aromatic carbocycles. The lowest BCUT2D eigenvalue weighted by atomic mass is 9.98. The highest BCUT2D eigenvalue weighted by atomic mass is 32.2. The molecule has 1 aliphatic rings. The molecule has 1 unspecified atom stereocenters. The predicted molar refractivity (Wildman–Crippen MR) is 82.2 cm³/mol. The molecule has 0 spiro atoms. The molecule has 1 aromatic rings. The fourth-order valence-corrected chi connectivity index (χ4v) is 3.54. The average molecular weight is 341 g/mol. The molecule has 0 aromatic heterocycles. The Hall–Kier alpha value is -1.93. The molecule has 2 N–H and O–H groups in total. The quantitative estimate of drug-likeness (QED) is 0.813. The van der Waals surface area contributed by atoms with Crippen LogP contribution in [0.5, 0.6) is 0 Å². The number of rotatable bonds is 5. The molecule has 0 aliphatic carbocycles. The zero-order chi connectivity index (χ0) is 17.3. The molecule has 7 nitrogen and oxygen atoms in total. The van der Waals surface area contributed by atoms with Crippen LogP contribution in [0.2, 0.25) is 0 Å². The van der Waals surface area contributed by atoms with Gasteiger partial charge in [-0.05, 0) is 24.1 Å². The molecule has 2 rings (SSSR count). The predicted octanol–water partition coefficient (Wildman–Crippen LogP) is 0.626. The molecule has 1 fully saturated rings. The van der Waals surface area contributed by atoms with Gasteiger partial charge in [0.1, 0.15) is 0 Å². The summed E-state index contributed by atoms with van der Waals surface area (Å²) in [6.07, 6.45) is 1.75. The van der Waals surface area contributed by atoms with Crippen molar-refractivity contribution in [2.45, 2.75) is 30.2 Å². The number of nitrogens with one attached hydrogen (secondary N) is 1. The summed E-state index contributed by atoms with van der Waals surface area (Å²) in [6.45, 7) is 1.95. The van der Waals surface area contributed by atoms with Gasteiger partial charge in [-0.3, -0.25) is 4.79 Å². The van der Waals surface area contributed by atoms with Crippen LogP contribution in [0.15, 0.2) is 23.1 Å². The first-order valence-corrected chi connectivity index (χ1v) is 9.05. The zero-order valence-electron chi connectivity index (χ0n) is 13.0. The van der Waals surface area contributed by atoms with E-state index in [0.29, 0.717) is 12.0 Å². The summed E-state index contributed by atoms with van der Waals surface area (Å²) in [5.74, 6) is -1.80. The SMILES string of the molecule is CCc1ccc(C(=O)NC2(C(=O)O)CCOC2)cc1S(C)(=O)=O. The van der Waals surface area contributed by atoms with Crippen molar-refractivity contribution in [3.05, 3.63) is 29.3 Å². The van der Waals surface area contributed by atoms with Gasteiger partial charge in [-0.1, -0.05) is 13.0 Å². The van der Waals surface area contributed by atoms with Crippen molar-refractivity contribution in [1.29, 1.82) is 0 Å². The summed E-state index contributed by atoms with van der Waals surface area (Å²) in [7, 11) is -3.48. The molecule has 23 heavy (non-hydrogen) atoms. The third-order valence-electron chi connectivity index (χ3n) is 3.89. The summed E-state index contributed by atoms with van der Waals surface area (Å²) in [4.78, 5) is 23.9. The van der Waals surface area contributed by atoms with Crippen molar-refractivity contribution in [2.24, 2.45) is 0 Å². The number of carboxylic acids is 1. The molecule has 1 atom stereocenters. The lowest BCUT2D eigenvalue weighted by Crippen LogP contribution is -2.55. The van der Waals surface area contributed by atoms with Gasteiger partial charge in [-0.15, -0.1) is 0 Å². The maximum atomic E-state index is 12.4. The van der Waals surface area contributed by atoms with Gasteiger partial charge in [0.05, 0.1) is 11.5 Å². The minimum Gasteiger partial charge on any atom is -0.479 e. The van der Waals surface area contributed by atoms with Gasteiger partial charge in [-0.2, -0.15) is 0 Å². The first-order valence-electron chi connectivity index (χ1n) is 7.16. The van der Waals surface area contributed by atoms with E-state index in [1.54, 1.807) is 6.07 Å². The fraction of sp³-hybridized carbons (Fsp3) is 0.467. The van der Waals surface area contributed by atoms with E-state index < -0.39 is 27.3 Å². The van der Waals surface area contributed by atoms with E-state index in [0.717, 1.165) is 6.26 Å². The van der Waals surface area contributed by atoms with Crippen LogP contribution in [0.4, 0.5) is 0 Å². The molecule has 1 amide bonds. The van der Waals surface area contributed by atoms with Gasteiger partial charge in [-0.25, -0.2) is 13.2 Å². The molecule has 1 heterocycles. The normalized spacial score (nSPS) is 21.1. The topological polar surface area (TPSA) is 110 Å². The summed E-state index contributed by atoms with van der Waals surface area (Å²) in [5, 5.41) is 11.8. The number of aliphatic carboxylic acids is 1. The van der Waals surface area contributed by atoms with E-state index in [1.807, 2.05) is 6.92 Å². The van der Waals surface area contributed by atoms with Crippen LogP contribution in [0, 0.1) is 0 Å². The lowest BCUT2D eigenvalue weighted by Gasteiger charge is -2.23. The first kappa shape index (κ1) is 17.4. The van der Waals surface area contributed by atoms with E-state index in [1.165, 1.54) is 12.1 Å². The van der Waals surface area contributed by atoms with Crippen LogP contribution >= 0.6 is 0 Å². The highest BCUT2D eigenvalue weighted by molar-refractivity contribution is 7.90. The molecule has 1 aliphatic heterocycles. The molecule has 126 valence electrons. The maximum absolute atomic E-state index is 12.4. The van der Waals surface area contributed by atoms with Gasteiger partial charge < -0.3 is 15.2 Å². The summed E-state index contributed by atoms with van der Waals surface area (Å²) in [5.41, 5.74) is -0.748. The Bertz CT molecular complexity index is 734. The molecular formula is C15H19NO6S. The minimum absolute atomic E-state index is 0.0831. The number of hydrogen-bond acceptors (Lipinski definition) is 5. The number of carbonyl (C=O) groups is 2. The second-order valence-electron chi connectivity index (χ2n) is 5.59. The minimum atomic E-state index is -3.48. The van der Waals surface area contributed by atoms with E-state index >= 15 is 0 Å². The number of sulfone groups is 1. The molecular weight excluding hydrogens is 322 g/mol. The fourth-order valence-electron chi connectivity index (χ4n) is 2.51. The van der Waals surface area contributed by atoms with Crippen molar-refractivity contribution >= 4 is 21.7 Å².